The molecule has 0 unspecified atom stereocenters. The van der Waals surface area contributed by atoms with Crippen molar-refractivity contribution in [2.75, 3.05) is 13.1 Å². The highest BCUT2D eigenvalue weighted by atomic mass is 16.1. The van der Waals surface area contributed by atoms with Crippen molar-refractivity contribution in [1.82, 2.24) is 20.0 Å². The van der Waals surface area contributed by atoms with Gasteiger partial charge < -0.3 is 15.0 Å². The molecule has 5 nitrogen and oxygen atoms in total. The van der Waals surface area contributed by atoms with Gasteiger partial charge in [-0.25, -0.2) is 4.98 Å². The lowest BCUT2D eigenvalue weighted by atomic mass is 9.93. The van der Waals surface area contributed by atoms with E-state index in [-0.39, 0.29) is 5.91 Å². The van der Waals surface area contributed by atoms with Crippen LogP contribution in [-0.4, -0.2) is 28.4 Å². The van der Waals surface area contributed by atoms with Crippen LogP contribution >= 0.6 is 0 Å². The van der Waals surface area contributed by atoms with Gasteiger partial charge in [0.25, 0.3) is 0 Å². The van der Waals surface area contributed by atoms with E-state index in [1.807, 2.05) is 28.9 Å². The average Bonchev–Trinajstić information content (AvgIpc) is 2.99. The van der Waals surface area contributed by atoms with Crippen LogP contribution in [0, 0.1) is 5.92 Å². The second-order valence-corrected chi connectivity index (χ2v) is 5.74. The molecule has 0 spiro atoms. The molecule has 21 heavy (non-hydrogen) atoms. The largest absolute Gasteiger partial charge is 0.352 e. The Morgan fingerprint density at radius 1 is 1.38 bits per heavy atom. The number of carbonyl (C=O) groups is 1. The van der Waals surface area contributed by atoms with Crippen molar-refractivity contribution in [2.45, 2.75) is 32.2 Å². The van der Waals surface area contributed by atoms with Crippen LogP contribution in [0.4, 0.5) is 0 Å². The maximum Gasteiger partial charge on any atom is 0.220 e. The van der Waals surface area contributed by atoms with Gasteiger partial charge in [0.2, 0.25) is 5.91 Å². The van der Waals surface area contributed by atoms with E-state index < -0.39 is 0 Å². The highest BCUT2D eigenvalue weighted by Gasteiger charge is 2.14. The molecule has 0 aliphatic carbocycles. The summed E-state index contributed by atoms with van der Waals surface area (Å²) in [7, 11) is 0. The Morgan fingerprint density at radius 2 is 2.24 bits per heavy atom. The minimum absolute atomic E-state index is 0.150. The molecule has 0 aromatic carbocycles. The van der Waals surface area contributed by atoms with Gasteiger partial charge in [-0.1, -0.05) is 0 Å². The lowest BCUT2D eigenvalue weighted by Gasteiger charge is -2.22. The number of pyridine rings is 1. The summed E-state index contributed by atoms with van der Waals surface area (Å²) in [5, 5.41) is 6.36. The summed E-state index contributed by atoms with van der Waals surface area (Å²) in [6.07, 6.45) is 9.70. The number of amides is 1. The second kappa shape index (κ2) is 6.72. The lowest BCUT2D eigenvalue weighted by molar-refractivity contribution is -0.121. The van der Waals surface area contributed by atoms with Gasteiger partial charge in [-0.15, -0.1) is 0 Å². The molecule has 1 fully saturated rings. The normalized spacial score (nSPS) is 16.2. The fourth-order valence-corrected chi connectivity index (χ4v) is 2.86. The number of aromatic nitrogens is 2. The monoisotopic (exact) mass is 286 g/mol. The van der Waals surface area contributed by atoms with Crippen LogP contribution in [0.2, 0.25) is 0 Å². The number of rotatable bonds is 5. The Hall–Kier alpha value is -1.88. The van der Waals surface area contributed by atoms with E-state index in [4.69, 9.17) is 0 Å². The summed E-state index contributed by atoms with van der Waals surface area (Å²) in [6, 6.07) is 4.02. The molecule has 3 heterocycles. The first-order valence-corrected chi connectivity index (χ1v) is 7.70. The molecule has 2 aromatic heterocycles. The summed E-state index contributed by atoms with van der Waals surface area (Å²) >= 11 is 0. The summed E-state index contributed by atoms with van der Waals surface area (Å²) in [5.41, 5.74) is 2.00. The van der Waals surface area contributed by atoms with Crippen LogP contribution in [-0.2, 0) is 11.3 Å². The third-order valence-corrected chi connectivity index (χ3v) is 4.19. The topological polar surface area (TPSA) is 58.4 Å². The molecule has 1 amide bonds. The fraction of sp³-hybridized carbons (Fsp3) is 0.500. The van der Waals surface area contributed by atoms with Crippen LogP contribution in [0.5, 0.6) is 0 Å². The zero-order chi connectivity index (χ0) is 14.5. The average molecular weight is 286 g/mol. The molecule has 0 atom stereocenters. The molecular formula is C16H22N4O. The smallest absolute Gasteiger partial charge is 0.220 e. The first kappa shape index (κ1) is 14.1. The van der Waals surface area contributed by atoms with Gasteiger partial charge in [0, 0.05) is 31.6 Å². The van der Waals surface area contributed by atoms with Gasteiger partial charge in [-0.05, 0) is 56.0 Å². The first-order valence-electron chi connectivity index (χ1n) is 7.70. The molecule has 0 radical (unpaired) electrons. The van der Waals surface area contributed by atoms with Crippen LogP contribution in [0.1, 0.15) is 31.2 Å². The second-order valence-electron chi connectivity index (χ2n) is 5.74. The van der Waals surface area contributed by atoms with Crippen LogP contribution < -0.4 is 10.6 Å². The van der Waals surface area contributed by atoms with Gasteiger partial charge in [0.05, 0.1) is 0 Å². The molecule has 3 rings (SSSR count). The maximum absolute atomic E-state index is 11.9. The molecule has 0 saturated carbocycles. The number of hydrogen-bond donors (Lipinski definition) is 2. The predicted octanol–water partition coefficient (Wildman–Crippen LogP) is 1.73. The quantitative estimate of drug-likeness (QED) is 0.880. The van der Waals surface area contributed by atoms with E-state index in [9.17, 15) is 4.79 Å². The van der Waals surface area contributed by atoms with Crippen LogP contribution in [0.3, 0.4) is 0 Å². The Bertz CT molecular complexity index is 601. The number of piperidine rings is 1. The lowest BCUT2D eigenvalue weighted by Crippen LogP contribution is -2.29. The van der Waals surface area contributed by atoms with Crippen molar-refractivity contribution in [2.24, 2.45) is 5.92 Å². The SMILES string of the molecule is O=C(CCC1CCNCC1)NCc1ccn2ccnc2c1. The standard InChI is InChI=1S/C16H22N4O/c21-16(2-1-13-3-6-17-7-4-13)19-12-14-5-9-20-10-8-18-15(20)11-14/h5,8-11,13,17H,1-4,6-7,12H2,(H,19,21). The van der Waals surface area contributed by atoms with E-state index in [2.05, 4.69) is 15.6 Å². The molecule has 1 aliphatic rings. The number of nitrogens with one attached hydrogen (secondary N) is 2. The van der Waals surface area contributed by atoms with Crippen molar-refractivity contribution in [3.05, 3.63) is 36.3 Å². The Balaban J connectivity index is 1.44. The van der Waals surface area contributed by atoms with E-state index in [1.54, 1.807) is 6.20 Å². The molecule has 2 N–H and O–H groups in total. The van der Waals surface area contributed by atoms with Crippen LogP contribution in [0.15, 0.2) is 30.7 Å². The fourth-order valence-electron chi connectivity index (χ4n) is 2.86. The zero-order valence-electron chi connectivity index (χ0n) is 12.2. The highest BCUT2D eigenvalue weighted by Crippen LogP contribution is 2.17. The molecular weight excluding hydrogens is 264 g/mol. The van der Waals surface area contributed by atoms with E-state index in [0.29, 0.717) is 18.9 Å². The number of fused-ring (bicyclic) bond motifs is 1. The molecule has 112 valence electrons. The van der Waals surface area contributed by atoms with Crippen LogP contribution in [0.25, 0.3) is 5.65 Å². The zero-order valence-corrected chi connectivity index (χ0v) is 12.2. The maximum atomic E-state index is 11.9. The predicted molar refractivity (Wildman–Crippen MR) is 81.9 cm³/mol. The molecule has 1 aliphatic heterocycles. The Labute approximate surface area is 124 Å². The summed E-state index contributed by atoms with van der Waals surface area (Å²) in [4.78, 5) is 16.2. The van der Waals surface area contributed by atoms with Crippen molar-refractivity contribution in [3.8, 4) is 0 Å². The third kappa shape index (κ3) is 3.82. The molecule has 0 bridgehead atoms. The van der Waals surface area contributed by atoms with E-state index >= 15 is 0 Å². The summed E-state index contributed by atoms with van der Waals surface area (Å²) < 4.78 is 1.96. The summed E-state index contributed by atoms with van der Waals surface area (Å²) in [6.45, 7) is 2.77. The number of nitrogens with zero attached hydrogens (tertiary/aromatic N) is 2. The first-order chi connectivity index (χ1) is 10.3. The van der Waals surface area contributed by atoms with Crippen molar-refractivity contribution in [1.29, 1.82) is 0 Å². The minimum Gasteiger partial charge on any atom is -0.352 e. The summed E-state index contributed by atoms with van der Waals surface area (Å²) in [5.74, 6) is 0.856. The third-order valence-electron chi connectivity index (χ3n) is 4.19. The van der Waals surface area contributed by atoms with Crippen molar-refractivity contribution in [3.63, 3.8) is 0 Å². The molecule has 5 heteroatoms. The van der Waals surface area contributed by atoms with Gasteiger partial charge in [-0.3, -0.25) is 4.79 Å². The molecule has 2 aromatic rings. The van der Waals surface area contributed by atoms with Gasteiger partial charge in [0.15, 0.2) is 0 Å². The van der Waals surface area contributed by atoms with Crippen molar-refractivity contribution >= 4 is 11.6 Å². The number of carbonyl (C=O) groups excluding carboxylic acids is 1. The highest BCUT2D eigenvalue weighted by molar-refractivity contribution is 5.75. The number of hydrogen-bond acceptors (Lipinski definition) is 3. The van der Waals surface area contributed by atoms with Gasteiger partial charge >= 0.3 is 0 Å². The van der Waals surface area contributed by atoms with E-state index in [1.165, 1.54) is 12.8 Å². The van der Waals surface area contributed by atoms with Crippen molar-refractivity contribution < 1.29 is 4.79 Å². The minimum atomic E-state index is 0.150. The Morgan fingerprint density at radius 3 is 3.10 bits per heavy atom. The van der Waals surface area contributed by atoms with Gasteiger partial charge in [-0.2, -0.15) is 0 Å². The Kier molecular flexibility index (Phi) is 4.50. The number of imidazole rings is 1. The van der Waals surface area contributed by atoms with E-state index in [0.717, 1.165) is 30.7 Å². The molecule has 1 saturated heterocycles. The van der Waals surface area contributed by atoms with Gasteiger partial charge in [0.1, 0.15) is 5.65 Å².